The van der Waals surface area contributed by atoms with E-state index in [0.717, 1.165) is 18.4 Å². The van der Waals surface area contributed by atoms with Crippen LogP contribution in [0.2, 0.25) is 10.0 Å². The number of benzene rings is 1. The lowest BCUT2D eigenvalue weighted by molar-refractivity contribution is 0.0531. The minimum Gasteiger partial charge on any atom is -0.383 e. The van der Waals surface area contributed by atoms with E-state index in [1.54, 1.807) is 13.2 Å². The maximum Gasteiger partial charge on any atom is 0.188 e. The second-order valence-corrected chi connectivity index (χ2v) is 7.06. The van der Waals surface area contributed by atoms with Crippen LogP contribution in [0.5, 0.6) is 0 Å². The van der Waals surface area contributed by atoms with Crippen LogP contribution < -0.4 is 11.1 Å². The van der Waals surface area contributed by atoms with E-state index in [-0.39, 0.29) is 35.4 Å². The Bertz CT molecular complexity index is 581. The third-order valence-electron chi connectivity index (χ3n) is 4.32. The molecule has 1 atom stereocenters. The zero-order chi connectivity index (χ0) is 17.6. The van der Waals surface area contributed by atoms with Gasteiger partial charge in [-0.15, -0.1) is 24.0 Å². The summed E-state index contributed by atoms with van der Waals surface area (Å²) in [6.07, 6.45) is 1.69. The molecule has 1 aromatic carbocycles. The van der Waals surface area contributed by atoms with E-state index < -0.39 is 0 Å². The number of nitrogens with two attached hydrogens (primary N) is 1. The van der Waals surface area contributed by atoms with Crippen molar-refractivity contribution in [2.45, 2.75) is 31.2 Å². The van der Waals surface area contributed by atoms with Crippen molar-refractivity contribution in [1.29, 1.82) is 0 Å². The van der Waals surface area contributed by atoms with Gasteiger partial charge in [0.25, 0.3) is 0 Å². The fourth-order valence-electron chi connectivity index (χ4n) is 3.02. The van der Waals surface area contributed by atoms with Crippen LogP contribution >= 0.6 is 47.2 Å². The van der Waals surface area contributed by atoms with Gasteiger partial charge < -0.3 is 20.5 Å². The molecule has 1 saturated heterocycles. The van der Waals surface area contributed by atoms with Crippen molar-refractivity contribution in [1.82, 2.24) is 5.32 Å². The minimum absolute atomic E-state index is 0. The Morgan fingerprint density at radius 2 is 2.08 bits per heavy atom. The van der Waals surface area contributed by atoms with E-state index in [1.165, 1.54) is 0 Å². The Morgan fingerprint density at radius 3 is 2.68 bits per heavy atom. The van der Waals surface area contributed by atoms with Crippen molar-refractivity contribution in [3.8, 4) is 0 Å². The van der Waals surface area contributed by atoms with Gasteiger partial charge in [-0.05, 0) is 37.5 Å². The molecular weight excluding hydrogens is 476 g/mol. The first-order valence-corrected chi connectivity index (χ1v) is 8.81. The Balaban J connectivity index is 0.00000312. The molecule has 0 aromatic heterocycles. The number of halogens is 3. The zero-order valence-corrected chi connectivity index (χ0v) is 18.4. The third kappa shape index (κ3) is 6.43. The molecule has 1 unspecified atom stereocenters. The topological polar surface area (TPSA) is 68.9 Å². The predicted octanol–water partition coefficient (Wildman–Crippen LogP) is 3.60. The molecule has 0 spiro atoms. The van der Waals surface area contributed by atoms with Crippen LogP contribution in [0.15, 0.2) is 23.2 Å². The van der Waals surface area contributed by atoms with Gasteiger partial charge in [0.1, 0.15) is 0 Å². The third-order valence-corrected chi connectivity index (χ3v) is 4.86. The van der Waals surface area contributed by atoms with Crippen molar-refractivity contribution in [3.05, 3.63) is 33.8 Å². The molecule has 5 nitrogen and oxygen atoms in total. The summed E-state index contributed by atoms with van der Waals surface area (Å²) in [5.74, 6) is 0.413. The van der Waals surface area contributed by atoms with E-state index >= 15 is 0 Å². The summed E-state index contributed by atoms with van der Waals surface area (Å²) in [5.41, 5.74) is 6.89. The van der Waals surface area contributed by atoms with Crippen molar-refractivity contribution in [2.24, 2.45) is 10.7 Å². The molecule has 1 heterocycles. The number of hydrogen-bond acceptors (Lipinski definition) is 3. The molecule has 0 radical (unpaired) electrons. The molecule has 0 bridgehead atoms. The number of nitrogens with one attached hydrogen (secondary N) is 1. The Morgan fingerprint density at radius 1 is 1.40 bits per heavy atom. The van der Waals surface area contributed by atoms with E-state index in [0.29, 0.717) is 42.4 Å². The SMILES string of the molecule is COCC(C)NC(N)=NCC1(c2ccc(Cl)cc2Cl)CCOCC1.I. The number of hydrogen-bond donors (Lipinski definition) is 2. The summed E-state index contributed by atoms with van der Waals surface area (Å²) in [5, 5.41) is 4.42. The highest BCUT2D eigenvalue weighted by Gasteiger charge is 2.36. The van der Waals surface area contributed by atoms with Crippen LogP contribution in [0.25, 0.3) is 0 Å². The van der Waals surface area contributed by atoms with Crippen molar-refractivity contribution >= 4 is 53.1 Å². The Hall–Kier alpha value is -0.280. The van der Waals surface area contributed by atoms with Crippen LogP contribution in [-0.2, 0) is 14.9 Å². The van der Waals surface area contributed by atoms with E-state index in [2.05, 4.69) is 10.3 Å². The number of methoxy groups -OCH3 is 1. The molecule has 142 valence electrons. The number of nitrogens with zero attached hydrogens (tertiary/aromatic N) is 1. The average molecular weight is 502 g/mol. The highest BCUT2D eigenvalue weighted by Crippen LogP contribution is 2.39. The molecule has 25 heavy (non-hydrogen) atoms. The van der Waals surface area contributed by atoms with Crippen LogP contribution in [0.1, 0.15) is 25.3 Å². The summed E-state index contributed by atoms with van der Waals surface area (Å²) in [4.78, 5) is 4.56. The predicted molar refractivity (Wildman–Crippen MR) is 115 cm³/mol. The molecule has 1 aromatic rings. The highest BCUT2D eigenvalue weighted by molar-refractivity contribution is 14.0. The average Bonchev–Trinajstić information content (AvgIpc) is 2.54. The van der Waals surface area contributed by atoms with E-state index in [1.807, 2.05) is 19.1 Å². The fourth-order valence-corrected chi connectivity index (χ4v) is 3.63. The Kier molecular flexibility index (Phi) is 9.80. The molecule has 0 amide bonds. The van der Waals surface area contributed by atoms with Crippen molar-refractivity contribution in [3.63, 3.8) is 0 Å². The van der Waals surface area contributed by atoms with E-state index in [4.69, 9.17) is 38.4 Å². The highest BCUT2D eigenvalue weighted by atomic mass is 127. The molecular formula is C17H26Cl2IN3O2. The summed E-state index contributed by atoms with van der Waals surface area (Å²) >= 11 is 12.5. The summed E-state index contributed by atoms with van der Waals surface area (Å²) in [6, 6.07) is 5.74. The molecule has 1 aliphatic heterocycles. The number of aliphatic imine (C=N–C) groups is 1. The van der Waals surface area contributed by atoms with Crippen molar-refractivity contribution < 1.29 is 9.47 Å². The number of ether oxygens (including phenoxy) is 2. The monoisotopic (exact) mass is 501 g/mol. The maximum absolute atomic E-state index is 6.46. The van der Waals surface area contributed by atoms with Gasteiger partial charge in [-0.3, -0.25) is 4.99 Å². The van der Waals surface area contributed by atoms with Gasteiger partial charge >= 0.3 is 0 Å². The normalized spacial score (nSPS) is 18.3. The zero-order valence-electron chi connectivity index (χ0n) is 14.6. The minimum atomic E-state index is -0.184. The lowest BCUT2D eigenvalue weighted by Gasteiger charge is -2.37. The second kappa shape index (κ2) is 10.8. The molecule has 0 saturated carbocycles. The van der Waals surface area contributed by atoms with Crippen molar-refractivity contribution in [2.75, 3.05) is 33.5 Å². The lowest BCUT2D eigenvalue weighted by atomic mass is 9.74. The fraction of sp³-hybridized carbons (Fsp3) is 0.588. The van der Waals surface area contributed by atoms with E-state index in [9.17, 15) is 0 Å². The van der Waals surface area contributed by atoms with Gasteiger partial charge in [0, 0.05) is 41.8 Å². The first-order chi connectivity index (χ1) is 11.5. The molecule has 1 fully saturated rings. The summed E-state index contributed by atoms with van der Waals surface area (Å²) < 4.78 is 10.6. The Labute approximate surface area is 176 Å². The number of guanidine groups is 1. The molecule has 8 heteroatoms. The summed E-state index contributed by atoms with van der Waals surface area (Å²) in [6.45, 7) is 4.48. The van der Waals surface area contributed by atoms with Gasteiger partial charge in [-0.2, -0.15) is 0 Å². The van der Waals surface area contributed by atoms with Crippen LogP contribution in [0.4, 0.5) is 0 Å². The first-order valence-electron chi connectivity index (χ1n) is 8.05. The maximum atomic E-state index is 6.46. The molecule has 0 aliphatic carbocycles. The smallest absolute Gasteiger partial charge is 0.188 e. The van der Waals surface area contributed by atoms with Gasteiger partial charge in [0.15, 0.2) is 5.96 Å². The van der Waals surface area contributed by atoms with Gasteiger partial charge in [0.05, 0.1) is 13.2 Å². The number of rotatable bonds is 6. The van der Waals surface area contributed by atoms with Gasteiger partial charge in [-0.25, -0.2) is 0 Å². The van der Waals surface area contributed by atoms with Gasteiger partial charge in [-0.1, -0.05) is 29.3 Å². The van der Waals surface area contributed by atoms with Crippen LogP contribution in [0, 0.1) is 0 Å². The lowest BCUT2D eigenvalue weighted by Crippen LogP contribution is -2.43. The van der Waals surface area contributed by atoms with Crippen LogP contribution in [0.3, 0.4) is 0 Å². The molecule has 2 rings (SSSR count). The molecule has 1 aliphatic rings. The standard InChI is InChI=1S/C17H25Cl2N3O2.HI/c1-12(10-23-2)22-16(20)21-11-17(5-7-24-8-6-17)14-4-3-13(18)9-15(14)19;/h3-4,9,12H,5-8,10-11H2,1-2H3,(H3,20,21,22);1H. The second-order valence-electron chi connectivity index (χ2n) is 6.22. The van der Waals surface area contributed by atoms with Gasteiger partial charge in [0.2, 0.25) is 0 Å². The molecule has 3 N–H and O–H groups in total. The quantitative estimate of drug-likeness (QED) is 0.355. The largest absolute Gasteiger partial charge is 0.383 e. The summed E-state index contributed by atoms with van der Waals surface area (Å²) in [7, 11) is 1.66. The first kappa shape index (κ1) is 22.8. The van der Waals surface area contributed by atoms with Crippen LogP contribution in [-0.4, -0.2) is 45.5 Å².